The highest BCUT2D eigenvalue weighted by Gasteiger charge is 2.31. The minimum atomic E-state index is -0.792. The highest BCUT2D eigenvalue weighted by molar-refractivity contribution is 6.30. The van der Waals surface area contributed by atoms with Crippen molar-refractivity contribution in [3.05, 3.63) is 16.7 Å². The van der Waals surface area contributed by atoms with Gasteiger partial charge in [0.1, 0.15) is 11.9 Å². The van der Waals surface area contributed by atoms with Crippen LogP contribution in [0.5, 0.6) is 0 Å². The molecular weight excluding hydrogens is 252 g/mol. The molecule has 0 aromatic carbocycles. The molecule has 0 fully saturated rings. The van der Waals surface area contributed by atoms with E-state index in [2.05, 4.69) is 25.8 Å². The number of imidazole rings is 1. The number of aromatic nitrogens is 2. The summed E-state index contributed by atoms with van der Waals surface area (Å²) >= 11 is 6.14. The van der Waals surface area contributed by atoms with Gasteiger partial charge in [0.25, 0.3) is 0 Å². The van der Waals surface area contributed by atoms with E-state index in [4.69, 9.17) is 11.6 Å². The number of aliphatic carboxylic acids is 1. The molecule has 2 rings (SSSR count). The maximum atomic E-state index is 11.4. The van der Waals surface area contributed by atoms with E-state index >= 15 is 0 Å². The highest BCUT2D eigenvalue weighted by atomic mass is 35.5. The lowest BCUT2D eigenvalue weighted by atomic mass is 9.91. The van der Waals surface area contributed by atoms with Gasteiger partial charge in [0.2, 0.25) is 0 Å². The Kier molecular flexibility index (Phi) is 3.41. The summed E-state index contributed by atoms with van der Waals surface area (Å²) in [5, 5.41) is 9.80. The average molecular weight is 271 g/mol. The van der Waals surface area contributed by atoms with Gasteiger partial charge in [-0.1, -0.05) is 32.4 Å². The second-order valence-electron chi connectivity index (χ2n) is 6.12. The van der Waals surface area contributed by atoms with Crippen LogP contribution in [0.15, 0.2) is 0 Å². The largest absolute Gasteiger partial charge is 0.480 e. The molecule has 0 aliphatic carbocycles. The first-order chi connectivity index (χ1) is 8.29. The van der Waals surface area contributed by atoms with Crippen molar-refractivity contribution in [1.82, 2.24) is 9.55 Å². The van der Waals surface area contributed by atoms with E-state index in [1.807, 2.05) is 4.57 Å². The fourth-order valence-corrected chi connectivity index (χ4v) is 2.79. The minimum absolute atomic E-state index is 0.0615. The van der Waals surface area contributed by atoms with Crippen LogP contribution in [0.1, 0.15) is 51.2 Å². The van der Waals surface area contributed by atoms with Crippen molar-refractivity contribution >= 4 is 17.6 Å². The Hall–Kier alpha value is -1.03. The number of halogens is 1. The zero-order valence-electron chi connectivity index (χ0n) is 11.0. The minimum Gasteiger partial charge on any atom is -0.480 e. The number of rotatable bonds is 2. The number of carboxylic acids is 1. The molecule has 0 saturated carbocycles. The Labute approximate surface area is 112 Å². The molecule has 0 amide bonds. The second-order valence-corrected chi connectivity index (χ2v) is 6.48. The maximum Gasteiger partial charge on any atom is 0.326 e. The van der Waals surface area contributed by atoms with E-state index in [-0.39, 0.29) is 5.41 Å². The number of hydrogen-bond donors (Lipinski definition) is 1. The Morgan fingerprint density at radius 2 is 2.22 bits per heavy atom. The monoisotopic (exact) mass is 270 g/mol. The normalized spacial score (nSPS) is 19.7. The molecule has 2 heterocycles. The molecule has 0 saturated heterocycles. The van der Waals surface area contributed by atoms with Crippen molar-refractivity contribution in [2.75, 3.05) is 0 Å². The van der Waals surface area contributed by atoms with Crippen LogP contribution in [0.2, 0.25) is 5.15 Å². The Morgan fingerprint density at radius 3 is 2.78 bits per heavy atom. The van der Waals surface area contributed by atoms with Crippen LogP contribution in [0.3, 0.4) is 0 Å². The molecule has 1 atom stereocenters. The number of carboxylic acid groups (broad SMARTS) is 1. The number of fused-ring (bicyclic) bond motifs is 1. The van der Waals surface area contributed by atoms with Crippen molar-refractivity contribution in [1.29, 1.82) is 0 Å². The van der Waals surface area contributed by atoms with Gasteiger partial charge in [-0.15, -0.1) is 0 Å². The molecule has 18 heavy (non-hydrogen) atoms. The van der Waals surface area contributed by atoms with Crippen LogP contribution >= 0.6 is 11.6 Å². The molecule has 4 nitrogen and oxygen atoms in total. The first-order valence-electron chi connectivity index (χ1n) is 6.28. The first-order valence-corrected chi connectivity index (χ1v) is 6.65. The molecule has 5 heteroatoms. The van der Waals surface area contributed by atoms with E-state index in [1.165, 1.54) is 0 Å². The molecular formula is C13H19ClN2O2. The van der Waals surface area contributed by atoms with Crippen LogP contribution in [-0.4, -0.2) is 20.6 Å². The third kappa shape index (κ3) is 2.53. The zero-order chi connectivity index (χ0) is 13.5. The summed E-state index contributed by atoms with van der Waals surface area (Å²) in [6.45, 7) is 6.34. The van der Waals surface area contributed by atoms with Crippen molar-refractivity contribution in [3.8, 4) is 0 Å². The van der Waals surface area contributed by atoms with Gasteiger partial charge >= 0.3 is 5.97 Å². The van der Waals surface area contributed by atoms with E-state index in [0.29, 0.717) is 11.6 Å². The standard InChI is InChI=1S/C13H19ClN2O2/c1-13(2,3)7-10-15-11(14)8-5-4-6-9(12(17)18)16(8)10/h9H,4-7H2,1-3H3,(H,17,18). The number of carbonyl (C=O) groups is 1. The molecule has 1 aliphatic heterocycles. The predicted molar refractivity (Wildman–Crippen MR) is 70.0 cm³/mol. The SMILES string of the molecule is CC(C)(C)Cc1nc(Cl)c2n1C(C(=O)O)CCC2. The van der Waals surface area contributed by atoms with E-state index in [1.54, 1.807) is 0 Å². The van der Waals surface area contributed by atoms with Gasteiger partial charge in [-0.25, -0.2) is 9.78 Å². The smallest absolute Gasteiger partial charge is 0.326 e. The summed E-state index contributed by atoms with van der Waals surface area (Å²) in [5.41, 5.74) is 0.945. The quantitative estimate of drug-likeness (QED) is 0.898. The van der Waals surface area contributed by atoms with Crippen LogP contribution < -0.4 is 0 Å². The lowest BCUT2D eigenvalue weighted by molar-refractivity contribution is -0.141. The molecule has 1 aromatic rings. The summed E-state index contributed by atoms with van der Waals surface area (Å²) in [6.07, 6.45) is 3.07. The number of nitrogens with zero attached hydrogens (tertiary/aromatic N) is 2. The third-order valence-corrected chi connectivity index (χ3v) is 3.51. The second kappa shape index (κ2) is 4.57. The Bertz CT molecular complexity index is 474. The van der Waals surface area contributed by atoms with Crippen LogP contribution in [0.25, 0.3) is 0 Å². The molecule has 1 aliphatic rings. The first kappa shape index (κ1) is 13.4. The summed E-state index contributed by atoms with van der Waals surface area (Å²) in [4.78, 5) is 15.7. The zero-order valence-corrected chi connectivity index (χ0v) is 11.8. The topological polar surface area (TPSA) is 55.1 Å². The van der Waals surface area contributed by atoms with E-state index < -0.39 is 12.0 Å². The van der Waals surface area contributed by atoms with Gasteiger partial charge in [0.05, 0.1) is 5.69 Å². The van der Waals surface area contributed by atoms with Crippen molar-refractivity contribution in [3.63, 3.8) is 0 Å². The van der Waals surface area contributed by atoms with Gasteiger partial charge < -0.3 is 9.67 Å². The van der Waals surface area contributed by atoms with E-state index in [0.717, 1.165) is 30.8 Å². The van der Waals surface area contributed by atoms with Crippen LogP contribution in [0.4, 0.5) is 0 Å². The maximum absolute atomic E-state index is 11.4. The lowest BCUT2D eigenvalue weighted by Crippen LogP contribution is -2.27. The lowest BCUT2D eigenvalue weighted by Gasteiger charge is -2.26. The predicted octanol–water partition coefficient (Wildman–Crippen LogP) is 3.09. The van der Waals surface area contributed by atoms with Crippen LogP contribution in [-0.2, 0) is 17.6 Å². The summed E-state index contributed by atoms with van der Waals surface area (Å²) < 4.78 is 1.85. The Morgan fingerprint density at radius 1 is 1.56 bits per heavy atom. The third-order valence-electron chi connectivity index (χ3n) is 3.21. The Balaban J connectivity index is 2.46. The van der Waals surface area contributed by atoms with Crippen molar-refractivity contribution < 1.29 is 9.90 Å². The molecule has 1 N–H and O–H groups in total. The van der Waals surface area contributed by atoms with Gasteiger partial charge in [-0.3, -0.25) is 0 Å². The number of hydrogen-bond acceptors (Lipinski definition) is 2. The molecule has 0 bridgehead atoms. The summed E-state index contributed by atoms with van der Waals surface area (Å²) in [6, 6.07) is -0.508. The molecule has 1 unspecified atom stereocenters. The molecule has 100 valence electrons. The van der Waals surface area contributed by atoms with Gasteiger partial charge in [0, 0.05) is 6.42 Å². The van der Waals surface area contributed by atoms with Gasteiger partial charge in [0.15, 0.2) is 5.15 Å². The summed E-state index contributed by atoms with van der Waals surface area (Å²) in [7, 11) is 0. The van der Waals surface area contributed by atoms with Crippen molar-refractivity contribution in [2.24, 2.45) is 5.41 Å². The summed E-state index contributed by atoms with van der Waals surface area (Å²) in [5.74, 6) is 0.00905. The van der Waals surface area contributed by atoms with Gasteiger partial charge in [-0.05, 0) is 24.7 Å². The van der Waals surface area contributed by atoms with Crippen molar-refractivity contribution in [2.45, 2.75) is 52.5 Å². The highest BCUT2D eigenvalue weighted by Crippen LogP contribution is 2.33. The van der Waals surface area contributed by atoms with E-state index in [9.17, 15) is 9.90 Å². The molecule has 0 radical (unpaired) electrons. The fourth-order valence-electron chi connectivity index (χ4n) is 2.50. The fraction of sp³-hybridized carbons (Fsp3) is 0.692. The van der Waals surface area contributed by atoms with Gasteiger partial charge in [-0.2, -0.15) is 0 Å². The average Bonchev–Trinajstić information content (AvgIpc) is 2.53. The van der Waals surface area contributed by atoms with Crippen LogP contribution in [0, 0.1) is 5.41 Å². The molecule has 1 aromatic heterocycles. The molecule has 0 spiro atoms.